The summed E-state index contributed by atoms with van der Waals surface area (Å²) in [6, 6.07) is 10.6. The zero-order valence-corrected chi connectivity index (χ0v) is 18.3. The molecular formula is C23H24FN5O3. The van der Waals surface area contributed by atoms with Gasteiger partial charge in [0.2, 0.25) is 5.91 Å². The SMILES string of the molecule is COc1ccc2oc(C(C)NC(=O)C(Cc3cccc(F)c3)n3nnnc3C)c(C)c2c1. The van der Waals surface area contributed by atoms with E-state index in [0.717, 1.165) is 16.7 Å². The monoisotopic (exact) mass is 437 g/mol. The van der Waals surface area contributed by atoms with E-state index in [9.17, 15) is 9.18 Å². The number of hydrogen-bond acceptors (Lipinski definition) is 6. The fraction of sp³-hybridized carbons (Fsp3) is 0.304. The summed E-state index contributed by atoms with van der Waals surface area (Å²) in [6.45, 7) is 5.51. The van der Waals surface area contributed by atoms with Crippen LogP contribution in [0.5, 0.6) is 5.75 Å². The third-order valence-corrected chi connectivity index (χ3v) is 5.51. The van der Waals surface area contributed by atoms with E-state index in [-0.39, 0.29) is 18.1 Å². The van der Waals surface area contributed by atoms with Gasteiger partial charge in [0.05, 0.1) is 13.2 Å². The molecule has 0 fully saturated rings. The van der Waals surface area contributed by atoms with Gasteiger partial charge in [-0.25, -0.2) is 9.07 Å². The van der Waals surface area contributed by atoms with Crippen LogP contribution in [0.25, 0.3) is 11.0 Å². The summed E-state index contributed by atoms with van der Waals surface area (Å²) in [4.78, 5) is 13.3. The van der Waals surface area contributed by atoms with Gasteiger partial charge in [0.1, 0.15) is 34.8 Å². The summed E-state index contributed by atoms with van der Waals surface area (Å²) >= 11 is 0. The maximum Gasteiger partial charge on any atom is 0.245 e. The van der Waals surface area contributed by atoms with Gasteiger partial charge >= 0.3 is 0 Å². The van der Waals surface area contributed by atoms with Gasteiger partial charge in [0.25, 0.3) is 0 Å². The van der Waals surface area contributed by atoms with E-state index in [1.165, 1.54) is 16.8 Å². The predicted octanol–water partition coefficient (Wildman–Crippen LogP) is 3.85. The number of carbonyl (C=O) groups excluding carboxylic acids is 1. The van der Waals surface area contributed by atoms with E-state index in [0.29, 0.717) is 22.7 Å². The third-order valence-electron chi connectivity index (χ3n) is 5.51. The number of aryl methyl sites for hydroxylation is 2. The summed E-state index contributed by atoms with van der Waals surface area (Å²) in [7, 11) is 1.61. The van der Waals surface area contributed by atoms with Crippen molar-refractivity contribution in [2.75, 3.05) is 7.11 Å². The van der Waals surface area contributed by atoms with E-state index in [4.69, 9.17) is 9.15 Å². The summed E-state index contributed by atoms with van der Waals surface area (Å²) in [5.41, 5.74) is 2.30. The lowest BCUT2D eigenvalue weighted by atomic mass is 10.0. The van der Waals surface area contributed by atoms with Gasteiger partial charge in [-0.1, -0.05) is 12.1 Å². The molecule has 2 unspecified atom stereocenters. The normalized spacial score (nSPS) is 13.2. The maximum atomic E-state index is 13.7. The largest absolute Gasteiger partial charge is 0.497 e. The molecular weight excluding hydrogens is 413 g/mol. The second-order valence-corrected chi connectivity index (χ2v) is 7.70. The molecule has 0 saturated heterocycles. The Morgan fingerprint density at radius 2 is 2.06 bits per heavy atom. The van der Waals surface area contributed by atoms with Crippen LogP contribution in [0.2, 0.25) is 0 Å². The molecule has 0 radical (unpaired) electrons. The molecule has 166 valence electrons. The molecule has 2 heterocycles. The molecule has 0 saturated carbocycles. The van der Waals surface area contributed by atoms with Crippen LogP contribution < -0.4 is 10.1 Å². The molecule has 9 heteroatoms. The average Bonchev–Trinajstić information content (AvgIpc) is 3.34. The first-order chi connectivity index (χ1) is 15.4. The van der Waals surface area contributed by atoms with Crippen LogP contribution in [0, 0.1) is 19.7 Å². The van der Waals surface area contributed by atoms with Gasteiger partial charge in [-0.05, 0) is 67.1 Å². The highest BCUT2D eigenvalue weighted by atomic mass is 19.1. The summed E-state index contributed by atoms with van der Waals surface area (Å²) < 4.78 is 26.5. The fourth-order valence-corrected chi connectivity index (χ4v) is 3.84. The molecule has 1 amide bonds. The first kappa shape index (κ1) is 21.5. The van der Waals surface area contributed by atoms with Crippen molar-refractivity contribution in [2.45, 2.75) is 39.3 Å². The molecule has 2 atom stereocenters. The Balaban J connectivity index is 1.61. The molecule has 2 aromatic carbocycles. The minimum atomic E-state index is -0.751. The van der Waals surface area contributed by atoms with Gasteiger partial charge in [0, 0.05) is 17.4 Å². The summed E-state index contributed by atoms with van der Waals surface area (Å²) in [5.74, 6) is 1.21. The van der Waals surface area contributed by atoms with Crippen LogP contribution in [-0.4, -0.2) is 33.2 Å². The smallest absolute Gasteiger partial charge is 0.245 e. The van der Waals surface area contributed by atoms with Crippen molar-refractivity contribution in [1.82, 2.24) is 25.5 Å². The Bertz CT molecular complexity index is 1270. The van der Waals surface area contributed by atoms with E-state index in [1.807, 2.05) is 32.0 Å². The summed E-state index contributed by atoms with van der Waals surface area (Å²) in [5, 5.41) is 15.5. The van der Waals surface area contributed by atoms with Crippen molar-refractivity contribution in [1.29, 1.82) is 0 Å². The number of benzene rings is 2. The topological polar surface area (TPSA) is 95.1 Å². The lowest BCUT2D eigenvalue weighted by Crippen LogP contribution is -2.36. The molecule has 0 aliphatic rings. The number of halogens is 1. The molecule has 0 spiro atoms. The number of furan rings is 1. The predicted molar refractivity (Wildman–Crippen MR) is 116 cm³/mol. The minimum absolute atomic E-state index is 0.235. The molecule has 4 rings (SSSR count). The maximum absolute atomic E-state index is 13.7. The van der Waals surface area contributed by atoms with Gasteiger partial charge in [-0.15, -0.1) is 5.10 Å². The molecule has 4 aromatic rings. The van der Waals surface area contributed by atoms with Crippen LogP contribution in [0.1, 0.15) is 41.7 Å². The fourth-order valence-electron chi connectivity index (χ4n) is 3.84. The number of carbonyl (C=O) groups is 1. The number of fused-ring (bicyclic) bond motifs is 1. The van der Waals surface area contributed by atoms with Crippen molar-refractivity contribution >= 4 is 16.9 Å². The highest BCUT2D eigenvalue weighted by molar-refractivity contribution is 5.84. The highest BCUT2D eigenvalue weighted by Crippen LogP contribution is 2.32. The van der Waals surface area contributed by atoms with E-state index >= 15 is 0 Å². The number of aromatic nitrogens is 4. The number of rotatable bonds is 7. The number of methoxy groups -OCH3 is 1. The van der Waals surface area contributed by atoms with Crippen molar-refractivity contribution in [2.24, 2.45) is 0 Å². The van der Waals surface area contributed by atoms with E-state index < -0.39 is 12.1 Å². The van der Waals surface area contributed by atoms with Crippen molar-refractivity contribution < 1.29 is 18.3 Å². The highest BCUT2D eigenvalue weighted by Gasteiger charge is 2.27. The Morgan fingerprint density at radius 3 is 2.75 bits per heavy atom. The van der Waals surface area contributed by atoms with Gasteiger partial charge in [-0.2, -0.15) is 0 Å². The molecule has 2 aromatic heterocycles. The average molecular weight is 437 g/mol. The van der Waals surface area contributed by atoms with E-state index in [2.05, 4.69) is 20.8 Å². The number of ether oxygens (including phenoxy) is 1. The molecule has 1 N–H and O–H groups in total. The van der Waals surface area contributed by atoms with Crippen LogP contribution in [-0.2, 0) is 11.2 Å². The Morgan fingerprint density at radius 1 is 1.25 bits per heavy atom. The number of tetrazole rings is 1. The molecule has 0 bridgehead atoms. The third kappa shape index (κ3) is 4.18. The number of nitrogens with one attached hydrogen (secondary N) is 1. The zero-order chi connectivity index (χ0) is 22.8. The van der Waals surface area contributed by atoms with Crippen LogP contribution in [0.4, 0.5) is 4.39 Å². The van der Waals surface area contributed by atoms with Crippen LogP contribution in [0.3, 0.4) is 0 Å². The first-order valence-corrected chi connectivity index (χ1v) is 10.2. The second-order valence-electron chi connectivity index (χ2n) is 7.70. The minimum Gasteiger partial charge on any atom is -0.497 e. The Hall–Kier alpha value is -3.75. The Kier molecular flexibility index (Phi) is 5.89. The van der Waals surface area contributed by atoms with Gasteiger partial charge in [-0.3, -0.25) is 4.79 Å². The Labute approximate surface area is 184 Å². The van der Waals surface area contributed by atoms with Crippen molar-refractivity contribution in [3.8, 4) is 5.75 Å². The van der Waals surface area contributed by atoms with Crippen LogP contribution in [0.15, 0.2) is 46.9 Å². The molecule has 32 heavy (non-hydrogen) atoms. The quantitative estimate of drug-likeness (QED) is 0.472. The lowest BCUT2D eigenvalue weighted by Gasteiger charge is -2.20. The van der Waals surface area contributed by atoms with Crippen molar-refractivity contribution in [3.63, 3.8) is 0 Å². The summed E-state index contributed by atoms with van der Waals surface area (Å²) in [6.07, 6.45) is 0.235. The zero-order valence-electron chi connectivity index (χ0n) is 18.3. The van der Waals surface area contributed by atoms with Crippen LogP contribution >= 0.6 is 0 Å². The molecule has 0 aliphatic heterocycles. The lowest BCUT2D eigenvalue weighted by molar-refractivity contribution is -0.125. The van der Waals surface area contributed by atoms with Gasteiger partial charge in [0.15, 0.2) is 0 Å². The number of nitrogens with zero attached hydrogens (tertiary/aromatic N) is 4. The molecule has 0 aliphatic carbocycles. The number of hydrogen-bond donors (Lipinski definition) is 1. The first-order valence-electron chi connectivity index (χ1n) is 10.2. The number of amides is 1. The van der Waals surface area contributed by atoms with Gasteiger partial charge < -0.3 is 14.5 Å². The van der Waals surface area contributed by atoms with E-state index in [1.54, 1.807) is 26.2 Å². The van der Waals surface area contributed by atoms with Crippen molar-refractivity contribution in [3.05, 3.63) is 71.0 Å². The second kappa shape index (κ2) is 8.78. The molecule has 8 nitrogen and oxygen atoms in total. The standard InChI is InChI=1S/C23H24FN5O3/c1-13-19-12-18(31-4)8-9-21(19)32-22(13)14(2)25-23(30)20(29-15(3)26-27-28-29)11-16-6-5-7-17(24)10-16/h5-10,12,14,20H,11H2,1-4H3,(H,25,30).